The lowest BCUT2D eigenvalue weighted by Crippen LogP contribution is -2.55. The van der Waals surface area contributed by atoms with Crippen LogP contribution in [0.5, 0.6) is 0 Å². The molecule has 1 aliphatic heterocycles. The molecule has 3 heteroatoms. The van der Waals surface area contributed by atoms with E-state index in [0.29, 0.717) is 6.04 Å². The van der Waals surface area contributed by atoms with Crippen molar-refractivity contribution in [1.29, 1.82) is 0 Å². The van der Waals surface area contributed by atoms with Gasteiger partial charge in [0.15, 0.2) is 0 Å². The Morgan fingerprint density at radius 1 is 1.29 bits per heavy atom. The lowest BCUT2D eigenvalue weighted by Gasteiger charge is -2.44. The molecular weight excluding hydrogens is 210 g/mol. The Bertz CT molecular complexity index is 220. The highest BCUT2D eigenvalue weighted by Gasteiger charge is 2.36. The van der Waals surface area contributed by atoms with Crippen LogP contribution in [0.2, 0.25) is 0 Å². The van der Waals surface area contributed by atoms with E-state index in [9.17, 15) is 0 Å². The van der Waals surface area contributed by atoms with Gasteiger partial charge in [-0.1, -0.05) is 13.8 Å². The minimum absolute atomic E-state index is 0.235. The molecule has 0 spiro atoms. The van der Waals surface area contributed by atoms with E-state index in [0.717, 1.165) is 6.54 Å². The number of hydrogen-bond donors (Lipinski definition) is 1. The van der Waals surface area contributed by atoms with Gasteiger partial charge < -0.3 is 10.6 Å². The summed E-state index contributed by atoms with van der Waals surface area (Å²) in [5, 5.41) is 0. The summed E-state index contributed by atoms with van der Waals surface area (Å²) in [5.74, 6) is 0. The van der Waals surface area contributed by atoms with Gasteiger partial charge in [0.2, 0.25) is 0 Å². The minimum atomic E-state index is 0.235. The number of likely N-dealkylation sites (N-methyl/N-ethyl adjacent to an activating group) is 1. The highest BCUT2D eigenvalue weighted by Crippen LogP contribution is 2.29. The number of hydrogen-bond acceptors (Lipinski definition) is 3. The highest BCUT2D eigenvalue weighted by molar-refractivity contribution is 4.94. The zero-order chi connectivity index (χ0) is 12.9. The fourth-order valence-electron chi connectivity index (χ4n) is 2.99. The lowest BCUT2D eigenvalue weighted by molar-refractivity contribution is 0.0679. The Labute approximate surface area is 107 Å². The maximum atomic E-state index is 6.13. The first-order chi connectivity index (χ1) is 8.09. The van der Waals surface area contributed by atoms with E-state index in [-0.39, 0.29) is 5.54 Å². The van der Waals surface area contributed by atoms with Crippen LogP contribution in [0.4, 0.5) is 0 Å². The van der Waals surface area contributed by atoms with Crippen LogP contribution < -0.4 is 5.73 Å². The molecule has 0 aliphatic carbocycles. The standard InChI is InChI=1S/C14H31N3/c1-5-13(3)16(4)14(12-15)8-7-10-17(6-2)11-9-14/h13H,5-12,15H2,1-4H3. The van der Waals surface area contributed by atoms with Gasteiger partial charge >= 0.3 is 0 Å². The summed E-state index contributed by atoms with van der Waals surface area (Å²) in [6.07, 6.45) is 4.96. The summed E-state index contributed by atoms with van der Waals surface area (Å²) in [6, 6.07) is 0.631. The molecule has 0 aromatic rings. The maximum Gasteiger partial charge on any atom is 0.0344 e. The highest BCUT2D eigenvalue weighted by atomic mass is 15.2. The maximum absolute atomic E-state index is 6.13. The normalized spacial score (nSPS) is 29.3. The molecule has 2 unspecified atom stereocenters. The van der Waals surface area contributed by atoms with Crippen LogP contribution in [0, 0.1) is 0 Å². The largest absolute Gasteiger partial charge is 0.329 e. The molecule has 1 fully saturated rings. The molecule has 2 N–H and O–H groups in total. The zero-order valence-corrected chi connectivity index (χ0v) is 12.2. The van der Waals surface area contributed by atoms with E-state index in [1.165, 1.54) is 45.3 Å². The van der Waals surface area contributed by atoms with Crippen LogP contribution in [-0.4, -0.2) is 54.6 Å². The molecule has 0 bridgehead atoms. The molecule has 0 saturated carbocycles. The van der Waals surface area contributed by atoms with Gasteiger partial charge in [-0.05, 0) is 59.3 Å². The average Bonchev–Trinajstić information content (AvgIpc) is 2.59. The van der Waals surface area contributed by atoms with Crippen molar-refractivity contribution < 1.29 is 0 Å². The van der Waals surface area contributed by atoms with Gasteiger partial charge in [0.25, 0.3) is 0 Å². The van der Waals surface area contributed by atoms with Gasteiger partial charge in [-0.15, -0.1) is 0 Å². The predicted molar refractivity (Wildman–Crippen MR) is 75.3 cm³/mol. The molecule has 0 radical (unpaired) electrons. The number of nitrogens with zero attached hydrogens (tertiary/aromatic N) is 2. The molecule has 1 rings (SSSR count). The van der Waals surface area contributed by atoms with Crippen LogP contribution in [0.15, 0.2) is 0 Å². The van der Waals surface area contributed by atoms with E-state index < -0.39 is 0 Å². The second kappa shape index (κ2) is 6.72. The van der Waals surface area contributed by atoms with Crippen molar-refractivity contribution in [2.24, 2.45) is 5.73 Å². The van der Waals surface area contributed by atoms with Crippen molar-refractivity contribution in [2.45, 2.75) is 58.0 Å². The Morgan fingerprint density at radius 3 is 2.53 bits per heavy atom. The van der Waals surface area contributed by atoms with Crippen molar-refractivity contribution in [3.05, 3.63) is 0 Å². The second-order valence-corrected chi connectivity index (χ2v) is 5.58. The Hall–Kier alpha value is -0.120. The van der Waals surface area contributed by atoms with E-state index in [2.05, 4.69) is 37.6 Å². The molecule has 0 aromatic carbocycles. The lowest BCUT2D eigenvalue weighted by atomic mass is 9.87. The van der Waals surface area contributed by atoms with Gasteiger partial charge in [-0.2, -0.15) is 0 Å². The van der Waals surface area contributed by atoms with E-state index in [1.807, 2.05) is 0 Å². The van der Waals surface area contributed by atoms with Crippen molar-refractivity contribution in [2.75, 3.05) is 33.2 Å². The summed E-state index contributed by atoms with van der Waals surface area (Å²) in [5.41, 5.74) is 6.36. The fourth-order valence-corrected chi connectivity index (χ4v) is 2.99. The number of rotatable bonds is 5. The van der Waals surface area contributed by atoms with E-state index in [4.69, 9.17) is 5.73 Å². The molecule has 102 valence electrons. The SMILES string of the molecule is CCC(C)N(C)C1(CN)CCCN(CC)CC1. The monoisotopic (exact) mass is 241 g/mol. The summed E-state index contributed by atoms with van der Waals surface area (Å²) in [7, 11) is 2.27. The third-order valence-electron chi connectivity index (χ3n) is 4.84. The van der Waals surface area contributed by atoms with Crippen LogP contribution in [0.25, 0.3) is 0 Å². The smallest absolute Gasteiger partial charge is 0.0344 e. The van der Waals surface area contributed by atoms with Gasteiger partial charge in [0.05, 0.1) is 0 Å². The van der Waals surface area contributed by atoms with Gasteiger partial charge in [0.1, 0.15) is 0 Å². The fraction of sp³-hybridized carbons (Fsp3) is 1.00. The quantitative estimate of drug-likeness (QED) is 0.798. The molecule has 1 aliphatic rings. The van der Waals surface area contributed by atoms with Gasteiger partial charge in [0, 0.05) is 18.1 Å². The molecule has 3 nitrogen and oxygen atoms in total. The topological polar surface area (TPSA) is 32.5 Å². The summed E-state index contributed by atoms with van der Waals surface area (Å²) in [6.45, 7) is 11.3. The first-order valence-electron chi connectivity index (χ1n) is 7.25. The van der Waals surface area contributed by atoms with Crippen LogP contribution in [-0.2, 0) is 0 Å². The van der Waals surface area contributed by atoms with Gasteiger partial charge in [-0.3, -0.25) is 4.90 Å². The van der Waals surface area contributed by atoms with Crippen molar-refractivity contribution in [1.82, 2.24) is 9.80 Å². The van der Waals surface area contributed by atoms with Crippen molar-refractivity contribution in [3.8, 4) is 0 Å². The predicted octanol–water partition coefficient (Wildman–Crippen LogP) is 1.92. The third-order valence-corrected chi connectivity index (χ3v) is 4.84. The first kappa shape index (κ1) is 14.9. The van der Waals surface area contributed by atoms with Crippen LogP contribution in [0.3, 0.4) is 0 Å². The van der Waals surface area contributed by atoms with Crippen LogP contribution >= 0.6 is 0 Å². The van der Waals surface area contributed by atoms with Crippen molar-refractivity contribution >= 4 is 0 Å². The van der Waals surface area contributed by atoms with Crippen LogP contribution in [0.1, 0.15) is 46.5 Å². The molecule has 1 heterocycles. The molecule has 0 amide bonds. The average molecular weight is 241 g/mol. The number of likely N-dealkylation sites (tertiary alicyclic amines) is 1. The number of nitrogens with two attached hydrogens (primary N) is 1. The van der Waals surface area contributed by atoms with Gasteiger partial charge in [-0.25, -0.2) is 0 Å². The Morgan fingerprint density at radius 2 is 2.00 bits per heavy atom. The second-order valence-electron chi connectivity index (χ2n) is 5.58. The van der Waals surface area contributed by atoms with Crippen molar-refractivity contribution in [3.63, 3.8) is 0 Å². The summed E-state index contributed by atoms with van der Waals surface area (Å²) in [4.78, 5) is 5.11. The van der Waals surface area contributed by atoms with E-state index in [1.54, 1.807) is 0 Å². The molecule has 1 saturated heterocycles. The minimum Gasteiger partial charge on any atom is -0.329 e. The Kier molecular flexibility index (Phi) is 5.90. The molecule has 2 atom stereocenters. The molecular formula is C14H31N3. The summed E-state index contributed by atoms with van der Waals surface area (Å²) >= 11 is 0. The zero-order valence-electron chi connectivity index (χ0n) is 12.2. The molecule has 0 aromatic heterocycles. The van der Waals surface area contributed by atoms with E-state index >= 15 is 0 Å². The Balaban J connectivity index is 2.73. The molecule has 17 heavy (non-hydrogen) atoms. The summed E-state index contributed by atoms with van der Waals surface area (Å²) < 4.78 is 0. The first-order valence-corrected chi connectivity index (χ1v) is 7.25. The third kappa shape index (κ3) is 3.43.